The van der Waals surface area contributed by atoms with Gasteiger partial charge in [-0.3, -0.25) is 0 Å². The minimum Gasteiger partial charge on any atom is -0.455 e. The van der Waals surface area contributed by atoms with Crippen LogP contribution in [0.2, 0.25) is 19.6 Å². The van der Waals surface area contributed by atoms with Crippen molar-refractivity contribution in [3.05, 3.63) is 199 Å². The van der Waals surface area contributed by atoms with Crippen LogP contribution in [0.5, 0.6) is 0 Å². The van der Waals surface area contributed by atoms with Gasteiger partial charge in [0.25, 0.3) is 0 Å². The average Bonchev–Trinajstić information content (AvgIpc) is 3.65. The van der Waals surface area contributed by atoms with Crippen LogP contribution in [0.3, 0.4) is 0 Å². The summed E-state index contributed by atoms with van der Waals surface area (Å²) in [6, 6.07) is 66.3. The van der Waals surface area contributed by atoms with E-state index in [1.807, 2.05) is 0 Å². The van der Waals surface area contributed by atoms with E-state index in [0.29, 0.717) is 0 Å². The Labute approximate surface area is 353 Å². The Kier molecular flexibility index (Phi) is 9.19. The SMILES string of the molecule is Cc1cc(C)c(N(c2ccccc2)c2ccc3c(c2)oc2c4ccc(-c5ccc(N(c6ccccc6)c6ccc([Si](C)(C)C)cc6)cc5)cc4c4ccccc4c32)c(C)c1. The van der Waals surface area contributed by atoms with E-state index in [9.17, 15) is 0 Å². The lowest BCUT2D eigenvalue weighted by molar-refractivity contribution is 0.673. The lowest BCUT2D eigenvalue weighted by atomic mass is 9.94. The van der Waals surface area contributed by atoms with Gasteiger partial charge in [-0.1, -0.05) is 134 Å². The van der Waals surface area contributed by atoms with E-state index in [4.69, 9.17) is 4.42 Å². The van der Waals surface area contributed by atoms with Crippen LogP contribution in [-0.4, -0.2) is 8.07 Å². The smallest absolute Gasteiger partial charge is 0.143 e. The summed E-state index contributed by atoms with van der Waals surface area (Å²) < 4.78 is 6.98. The molecule has 3 nitrogen and oxygen atoms in total. The summed E-state index contributed by atoms with van der Waals surface area (Å²) in [5.41, 5.74) is 14.7. The van der Waals surface area contributed by atoms with Crippen molar-refractivity contribution in [2.24, 2.45) is 0 Å². The van der Waals surface area contributed by atoms with Crippen LogP contribution in [0.4, 0.5) is 34.1 Å². The summed E-state index contributed by atoms with van der Waals surface area (Å²) in [6.45, 7) is 13.8. The van der Waals surface area contributed by atoms with Crippen molar-refractivity contribution in [1.82, 2.24) is 0 Å². The first-order chi connectivity index (χ1) is 29.1. The zero-order valence-corrected chi connectivity index (χ0v) is 36.1. The molecule has 4 heteroatoms. The van der Waals surface area contributed by atoms with Crippen molar-refractivity contribution in [2.75, 3.05) is 9.80 Å². The zero-order chi connectivity index (χ0) is 41.1. The molecule has 0 N–H and O–H groups in total. The molecule has 292 valence electrons. The van der Waals surface area contributed by atoms with Crippen molar-refractivity contribution in [1.29, 1.82) is 0 Å². The number of hydrogen-bond donors (Lipinski definition) is 0. The third-order valence-corrected chi connectivity index (χ3v) is 14.1. The average molecular weight is 793 g/mol. The minimum atomic E-state index is -1.42. The third-order valence-electron chi connectivity index (χ3n) is 12.0. The maximum Gasteiger partial charge on any atom is 0.143 e. The number of rotatable bonds is 8. The fourth-order valence-electron chi connectivity index (χ4n) is 9.21. The molecule has 0 aliphatic heterocycles. The molecule has 0 aliphatic carbocycles. The largest absolute Gasteiger partial charge is 0.455 e. The normalized spacial score (nSPS) is 11.8. The van der Waals surface area contributed by atoms with Gasteiger partial charge in [0.15, 0.2) is 0 Å². The summed E-state index contributed by atoms with van der Waals surface area (Å²) in [5.74, 6) is 0. The molecule has 0 atom stereocenters. The molecule has 10 rings (SSSR count). The number of hydrogen-bond acceptors (Lipinski definition) is 3. The van der Waals surface area contributed by atoms with Gasteiger partial charge in [0.05, 0.1) is 13.8 Å². The third kappa shape index (κ3) is 6.54. The number of nitrogens with zero attached hydrogens (tertiary/aromatic N) is 2. The number of fused-ring (bicyclic) bond motifs is 8. The maximum atomic E-state index is 6.98. The molecule has 0 saturated heterocycles. The van der Waals surface area contributed by atoms with Crippen molar-refractivity contribution < 1.29 is 4.42 Å². The van der Waals surface area contributed by atoms with Gasteiger partial charge in [-0.25, -0.2) is 0 Å². The van der Waals surface area contributed by atoms with Crippen molar-refractivity contribution in [2.45, 2.75) is 40.4 Å². The molecular weight excluding hydrogens is 745 g/mol. The maximum absolute atomic E-state index is 6.98. The first-order valence-electron chi connectivity index (χ1n) is 20.9. The summed E-state index contributed by atoms with van der Waals surface area (Å²) >= 11 is 0. The first-order valence-corrected chi connectivity index (χ1v) is 24.4. The van der Waals surface area contributed by atoms with Gasteiger partial charge < -0.3 is 14.2 Å². The van der Waals surface area contributed by atoms with Crippen LogP contribution in [0.15, 0.2) is 186 Å². The number of anilines is 6. The highest BCUT2D eigenvalue weighted by molar-refractivity contribution is 6.88. The predicted molar refractivity (Wildman–Crippen MR) is 261 cm³/mol. The Bertz CT molecular complexity index is 3180. The molecule has 9 aromatic carbocycles. The van der Waals surface area contributed by atoms with Crippen molar-refractivity contribution >= 4 is 90.9 Å². The molecule has 1 heterocycles. The summed E-state index contributed by atoms with van der Waals surface area (Å²) in [6.07, 6.45) is 0. The van der Waals surface area contributed by atoms with E-state index in [0.717, 1.165) is 55.8 Å². The second-order valence-corrected chi connectivity index (χ2v) is 22.3. The van der Waals surface area contributed by atoms with Crippen molar-refractivity contribution in [3.63, 3.8) is 0 Å². The Hall–Kier alpha value is -6.88. The molecule has 0 radical (unpaired) electrons. The van der Waals surface area contributed by atoms with E-state index in [-0.39, 0.29) is 0 Å². The lowest BCUT2D eigenvalue weighted by Gasteiger charge is -2.29. The Morgan fingerprint density at radius 3 is 1.55 bits per heavy atom. The van der Waals surface area contributed by atoms with Crippen LogP contribution >= 0.6 is 0 Å². The van der Waals surface area contributed by atoms with Gasteiger partial charge in [0.2, 0.25) is 0 Å². The molecule has 0 unspecified atom stereocenters. The Morgan fingerprint density at radius 2 is 0.917 bits per heavy atom. The monoisotopic (exact) mass is 792 g/mol. The standard InChI is InChI=1S/C56H48N2OSi/c1-37-33-38(2)55(39(3)34-37)58(43-17-11-8-12-18-43)46-28-32-51-53(36-46)59-56-50-31-23-41(35-52(50)48-19-13-14-20-49(48)54(51)56)40-21-24-44(25-22-40)57(42-15-9-7-10-16-42)45-26-29-47(30-27-45)60(4,5)6/h7-36H,1-6H3. The second kappa shape index (κ2) is 14.7. The molecule has 0 bridgehead atoms. The van der Waals surface area contributed by atoms with Gasteiger partial charge in [-0.15, -0.1) is 0 Å². The van der Waals surface area contributed by atoms with E-state index in [1.54, 1.807) is 0 Å². The molecule has 1 aromatic heterocycles. The van der Waals surface area contributed by atoms with Crippen LogP contribution in [0.25, 0.3) is 54.6 Å². The molecule has 10 aromatic rings. The van der Waals surface area contributed by atoms with Crippen molar-refractivity contribution in [3.8, 4) is 11.1 Å². The summed E-state index contributed by atoms with van der Waals surface area (Å²) in [5, 5.41) is 8.45. The number of furan rings is 1. The summed E-state index contributed by atoms with van der Waals surface area (Å²) in [4.78, 5) is 4.71. The van der Waals surface area contributed by atoms with Gasteiger partial charge in [-0.05, 0) is 132 Å². The number of benzene rings is 9. The van der Waals surface area contributed by atoms with E-state index in [1.165, 1.54) is 54.9 Å². The fourth-order valence-corrected chi connectivity index (χ4v) is 10.4. The Morgan fingerprint density at radius 1 is 0.400 bits per heavy atom. The quantitative estimate of drug-likeness (QED) is 0.113. The van der Waals surface area contributed by atoms with Crippen LogP contribution in [0, 0.1) is 20.8 Å². The van der Waals surface area contributed by atoms with Crippen LogP contribution in [0.1, 0.15) is 16.7 Å². The number of para-hydroxylation sites is 2. The molecule has 0 saturated carbocycles. The molecular formula is C56H48N2OSi. The lowest BCUT2D eigenvalue weighted by Crippen LogP contribution is -2.37. The fraction of sp³-hybridized carbons (Fsp3) is 0.107. The van der Waals surface area contributed by atoms with Crippen LogP contribution < -0.4 is 15.0 Å². The highest BCUT2D eigenvalue weighted by Gasteiger charge is 2.22. The highest BCUT2D eigenvalue weighted by atomic mass is 28.3. The molecule has 60 heavy (non-hydrogen) atoms. The van der Waals surface area contributed by atoms with Crippen LogP contribution in [-0.2, 0) is 0 Å². The molecule has 0 amide bonds. The highest BCUT2D eigenvalue weighted by Crippen LogP contribution is 2.45. The van der Waals surface area contributed by atoms with E-state index < -0.39 is 8.07 Å². The van der Waals surface area contributed by atoms with E-state index in [2.05, 4.69) is 232 Å². The molecule has 0 spiro atoms. The topological polar surface area (TPSA) is 19.6 Å². The van der Waals surface area contributed by atoms with Gasteiger partial charge in [0, 0.05) is 50.7 Å². The molecule has 0 aliphatic rings. The van der Waals surface area contributed by atoms with Gasteiger partial charge in [0.1, 0.15) is 11.2 Å². The first kappa shape index (κ1) is 37.4. The Balaban J connectivity index is 1.08. The number of aryl methyl sites for hydroxylation is 3. The minimum absolute atomic E-state index is 0.876. The van der Waals surface area contributed by atoms with Gasteiger partial charge >= 0.3 is 0 Å². The predicted octanol–water partition coefficient (Wildman–Crippen LogP) is 16.0. The molecule has 0 fully saturated rings. The second-order valence-electron chi connectivity index (χ2n) is 17.2. The van der Waals surface area contributed by atoms with Gasteiger partial charge in [-0.2, -0.15) is 0 Å². The summed E-state index contributed by atoms with van der Waals surface area (Å²) in [7, 11) is -1.42. The zero-order valence-electron chi connectivity index (χ0n) is 35.1. The van der Waals surface area contributed by atoms with E-state index >= 15 is 0 Å².